The summed E-state index contributed by atoms with van der Waals surface area (Å²) < 4.78 is 30.7. The number of nitrogens with zero attached hydrogens (tertiary/aromatic N) is 1. The van der Waals surface area contributed by atoms with Crippen LogP contribution in [0.2, 0.25) is 0 Å². The van der Waals surface area contributed by atoms with Crippen LogP contribution in [0.15, 0.2) is 48.5 Å². The second-order valence-electron chi connectivity index (χ2n) is 9.67. The number of esters is 3. The zero-order valence-corrected chi connectivity index (χ0v) is 32.1. The molecule has 0 spiro atoms. The molecule has 0 unspecified atom stereocenters. The van der Waals surface area contributed by atoms with Gasteiger partial charge in [0.15, 0.2) is 23.0 Å². The van der Waals surface area contributed by atoms with E-state index in [-0.39, 0.29) is 36.2 Å². The largest absolute Gasteiger partial charge is 0.496 e. The first kappa shape index (κ1) is 43.1. The van der Waals surface area contributed by atoms with Gasteiger partial charge in [-0.15, -0.1) is 11.6 Å². The summed E-state index contributed by atoms with van der Waals surface area (Å²) >= 11 is 12.3. The zero-order chi connectivity index (χ0) is 36.9. The Hall–Kier alpha value is -3.88. The normalized spacial score (nSPS) is 9.90. The molecule has 0 aliphatic rings. The number of carbonyl (C=O) groups excluding carboxylic acids is 3. The second-order valence-corrected chi connectivity index (χ2v) is 11.3. The fourth-order valence-electron chi connectivity index (χ4n) is 3.77. The first-order valence-corrected chi connectivity index (χ1v) is 17.7. The standard InChI is InChI=1S/C15H19BrO4.C11H13ClO4.C8H8BrNO3/c1-3-14(17)19-12-8-7-11(6-5-9-16)10-13(12)20-15(18)4-2;1-7(13)16-11-9(14-2)4-8(6-12)5-10(11)15-3;1-13-8-3-2-7(10(11)12)4-6(8)5-9/h7-8,10H,3-6,9H2,1-2H3;4-5H,6H2,1-3H3;2-4H,5H2,1H3. The van der Waals surface area contributed by atoms with Crippen LogP contribution < -0.4 is 28.4 Å². The summed E-state index contributed by atoms with van der Waals surface area (Å²) in [6.45, 7) is 4.74. The van der Waals surface area contributed by atoms with Gasteiger partial charge >= 0.3 is 17.9 Å². The topological polar surface area (TPSA) is 150 Å². The van der Waals surface area contributed by atoms with Crippen molar-refractivity contribution < 1.29 is 47.7 Å². The molecule has 268 valence electrons. The molecule has 3 rings (SSSR count). The third kappa shape index (κ3) is 15.0. The number of alkyl halides is 3. The van der Waals surface area contributed by atoms with Gasteiger partial charge in [0.2, 0.25) is 5.75 Å². The summed E-state index contributed by atoms with van der Waals surface area (Å²) in [7, 11) is 4.51. The van der Waals surface area contributed by atoms with Crippen LogP contribution in [0.4, 0.5) is 5.69 Å². The van der Waals surface area contributed by atoms with Gasteiger partial charge in [-0.3, -0.25) is 24.5 Å². The Kier molecular flexibility index (Phi) is 20.7. The van der Waals surface area contributed by atoms with Crippen molar-refractivity contribution in [2.75, 3.05) is 26.7 Å². The molecule has 0 aromatic heterocycles. The molecule has 12 nitrogen and oxygen atoms in total. The van der Waals surface area contributed by atoms with Crippen LogP contribution in [-0.2, 0) is 32.0 Å². The molecule has 0 saturated heterocycles. The molecule has 0 radical (unpaired) electrons. The van der Waals surface area contributed by atoms with Crippen LogP contribution in [-0.4, -0.2) is 49.5 Å². The molecule has 0 bridgehead atoms. The number of hydrogen-bond acceptors (Lipinski definition) is 11. The Morgan fingerprint density at radius 2 is 1.29 bits per heavy atom. The van der Waals surface area contributed by atoms with Crippen LogP contribution in [0.3, 0.4) is 0 Å². The minimum absolute atomic E-state index is 0.0789. The number of nitro benzene ring substituents is 1. The predicted molar refractivity (Wildman–Crippen MR) is 193 cm³/mol. The summed E-state index contributed by atoms with van der Waals surface area (Å²) in [6, 6.07) is 13.2. The Morgan fingerprint density at radius 1 is 0.755 bits per heavy atom. The monoisotopic (exact) mass is 831 g/mol. The molecule has 0 aliphatic heterocycles. The van der Waals surface area contributed by atoms with E-state index in [1.54, 1.807) is 44.2 Å². The zero-order valence-electron chi connectivity index (χ0n) is 28.1. The van der Waals surface area contributed by atoms with Crippen molar-refractivity contribution in [2.24, 2.45) is 0 Å². The fraction of sp³-hybridized carbons (Fsp3) is 0.382. The van der Waals surface area contributed by atoms with E-state index in [9.17, 15) is 24.5 Å². The molecule has 49 heavy (non-hydrogen) atoms. The minimum Gasteiger partial charge on any atom is -0.496 e. The quantitative estimate of drug-likeness (QED) is 0.0506. The van der Waals surface area contributed by atoms with Gasteiger partial charge in [0.25, 0.3) is 5.69 Å². The maximum Gasteiger partial charge on any atom is 0.311 e. The van der Waals surface area contributed by atoms with E-state index in [1.807, 2.05) is 6.07 Å². The van der Waals surface area contributed by atoms with Crippen molar-refractivity contribution in [3.63, 3.8) is 0 Å². The van der Waals surface area contributed by atoms with Crippen LogP contribution in [0.5, 0.6) is 34.5 Å². The Labute approximate surface area is 307 Å². The van der Waals surface area contributed by atoms with E-state index in [0.717, 1.165) is 34.9 Å². The molecule has 0 heterocycles. The lowest BCUT2D eigenvalue weighted by atomic mass is 10.1. The Bertz CT molecular complexity index is 1530. The molecule has 3 aromatic carbocycles. The van der Waals surface area contributed by atoms with E-state index in [4.69, 9.17) is 40.0 Å². The highest BCUT2D eigenvalue weighted by molar-refractivity contribution is 9.09. The lowest BCUT2D eigenvalue weighted by molar-refractivity contribution is -0.384. The number of ether oxygens (including phenoxy) is 6. The van der Waals surface area contributed by atoms with Gasteiger partial charge in [0, 0.05) is 54.0 Å². The van der Waals surface area contributed by atoms with Gasteiger partial charge in [-0.05, 0) is 54.3 Å². The molecule has 0 N–H and O–H groups in total. The molecule has 0 fully saturated rings. The van der Waals surface area contributed by atoms with Crippen molar-refractivity contribution in [1.29, 1.82) is 0 Å². The number of non-ortho nitro benzene ring substituents is 1. The van der Waals surface area contributed by atoms with Gasteiger partial charge in [-0.2, -0.15) is 0 Å². The Balaban J connectivity index is 0.000000376. The lowest BCUT2D eigenvalue weighted by Crippen LogP contribution is -2.10. The third-order valence-corrected chi connectivity index (χ3v) is 7.64. The third-order valence-electron chi connectivity index (χ3n) is 6.17. The maximum absolute atomic E-state index is 11.4. The number of halogens is 3. The molecular formula is C34H40Br2ClNO11. The van der Waals surface area contributed by atoms with Crippen LogP contribution >= 0.6 is 43.5 Å². The van der Waals surface area contributed by atoms with E-state index in [2.05, 4.69) is 31.9 Å². The highest BCUT2D eigenvalue weighted by Gasteiger charge is 2.16. The smallest absolute Gasteiger partial charge is 0.311 e. The molecule has 0 atom stereocenters. The number of rotatable bonds is 14. The highest BCUT2D eigenvalue weighted by atomic mass is 79.9. The first-order valence-electron chi connectivity index (χ1n) is 14.9. The summed E-state index contributed by atoms with van der Waals surface area (Å²) in [5, 5.41) is 11.9. The van der Waals surface area contributed by atoms with Crippen molar-refractivity contribution in [1.82, 2.24) is 0 Å². The van der Waals surface area contributed by atoms with Crippen molar-refractivity contribution in [2.45, 2.75) is 57.7 Å². The number of hydrogen-bond donors (Lipinski definition) is 0. The molecule has 3 aromatic rings. The summed E-state index contributed by atoms with van der Waals surface area (Å²) in [5.41, 5.74) is 2.72. The van der Waals surface area contributed by atoms with Crippen molar-refractivity contribution >= 4 is 67.1 Å². The Morgan fingerprint density at radius 3 is 1.73 bits per heavy atom. The SMILES string of the molecule is CCC(=O)Oc1ccc(CCCBr)cc1OC(=O)CC.COc1cc(CCl)cc(OC)c1OC(C)=O.COc1ccc([N+](=O)[O-])cc1CBr. The first-order chi connectivity index (χ1) is 23.4. The predicted octanol–water partition coefficient (Wildman–Crippen LogP) is 8.51. The number of nitro groups is 1. The van der Waals surface area contributed by atoms with Gasteiger partial charge < -0.3 is 28.4 Å². The van der Waals surface area contributed by atoms with E-state index in [1.165, 1.54) is 40.4 Å². The maximum atomic E-state index is 11.4. The molecular weight excluding hydrogens is 794 g/mol. The van der Waals surface area contributed by atoms with Crippen LogP contribution in [0, 0.1) is 10.1 Å². The number of aryl methyl sites for hydroxylation is 1. The summed E-state index contributed by atoms with van der Waals surface area (Å²) in [5.74, 6) is 1.56. The van der Waals surface area contributed by atoms with Gasteiger partial charge in [-0.1, -0.05) is 51.8 Å². The van der Waals surface area contributed by atoms with Crippen LogP contribution in [0.1, 0.15) is 56.7 Å². The molecule has 0 aliphatic carbocycles. The lowest BCUT2D eigenvalue weighted by Gasteiger charge is -2.13. The van der Waals surface area contributed by atoms with E-state index >= 15 is 0 Å². The second kappa shape index (κ2) is 23.5. The minimum atomic E-state index is -0.435. The molecule has 0 saturated carbocycles. The van der Waals surface area contributed by atoms with Crippen LogP contribution in [0.25, 0.3) is 0 Å². The fourth-order valence-corrected chi connectivity index (χ4v) is 4.64. The highest BCUT2D eigenvalue weighted by Crippen LogP contribution is 2.39. The van der Waals surface area contributed by atoms with Gasteiger partial charge in [0.1, 0.15) is 5.75 Å². The van der Waals surface area contributed by atoms with Crippen molar-refractivity contribution in [3.05, 3.63) is 75.3 Å². The summed E-state index contributed by atoms with van der Waals surface area (Å²) in [4.78, 5) is 43.8. The number of benzene rings is 3. The van der Waals surface area contributed by atoms with Crippen molar-refractivity contribution in [3.8, 4) is 34.5 Å². The average molecular weight is 834 g/mol. The molecule has 15 heteroatoms. The number of methoxy groups -OCH3 is 3. The van der Waals surface area contributed by atoms with E-state index < -0.39 is 10.9 Å². The van der Waals surface area contributed by atoms with Gasteiger partial charge in [-0.25, -0.2) is 0 Å². The molecule has 0 amide bonds. The van der Waals surface area contributed by atoms with Gasteiger partial charge in [0.05, 0.1) is 26.3 Å². The summed E-state index contributed by atoms with van der Waals surface area (Å²) in [6.07, 6.45) is 2.39. The number of carbonyl (C=O) groups is 3. The van der Waals surface area contributed by atoms with E-state index in [0.29, 0.717) is 40.0 Å². The average Bonchev–Trinajstić information content (AvgIpc) is 3.11.